The van der Waals surface area contributed by atoms with Crippen molar-refractivity contribution in [3.05, 3.63) is 59.5 Å². The standard InChI is InChI=1S/C17H21NO3/c1-3-5-13-7-9-14(10-8-13)16(19)18-12-17(2,20)15-6-4-11-21-15/h4,6-11,20H,3,5,12H2,1-2H3,(H,18,19). The van der Waals surface area contributed by atoms with Crippen molar-refractivity contribution in [3.8, 4) is 0 Å². The van der Waals surface area contributed by atoms with Crippen LogP contribution in [0.2, 0.25) is 0 Å². The van der Waals surface area contributed by atoms with Gasteiger partial charge in [0.2, 0.25) is 0 Å². The highest BCUT2D eigenvalue weighted by Crippen LogP contribution is 2.20. The van der Waals surface area contributed by atoms with Gasteiger partial charge in [-0.15, -0.1) is 0 Å². The summed E-state index contributed by atoms with van der Waals surface area (Å²) in [6, 6.07) is 10.9. The summed E-state index contributed by atoms with van der Waals surface area (Å²) in [7, 11) is 0. The molecule has 1 atom stereocenters. The van der Waals surface area contributed by atoms with E-state index in [1.807, 2.05) is 24.3 Å². The molecule has 0 saturated heterocycles. The summed E-state index contributed by atoms with van der Waals surface area (Å²) in [6.07, 6.45) is 3.59. The lowest BCUT2D eigenvalue weighted by Crippen LogP contribution is -2.38. The lowest BCUT2D eigenvalue weighted by atomic mass is 10.0. The Balaban J connectivity index is 1.95. The van der Waals surface area contributed by atoms with Crippen LogP contribution >= 0.6 is 0 Å². The third kappa shape index (κ3) is 3.95. The van der Waals surface area contributed by atoms with Crippen LogP contribution in [0, 0.1) is 0 Å². The minimum Gasteiger partial charge on any atom is -0.466 e. The molecule has 2 N–H and O–H groups in total. The zero-order chi connectivity index (χ0) is 15.3. The first-order valence-electron chi connectivity index (χ1n) is 7.16. The minimum absolute atomic E-state index is 0.0933. The number of rotatable bonds is 6. The van der Waals surface area contributed by atoms with E-state index in [4.69, 9.17) is 4.42 Å². The average molecular weight is 287 g/mol. The number of amides is 1. The molecule has 112 valence electrons. The molecule has 0 saturated carbocycles. The Bertz CT molecular complexity index is 571. The first kappa shape index (κ1) is 15.3. The van der Waals surface area contributed by atoms with Crippen LogP contribution in [0.15, 0.2) is 47.1 Å². The Hall–Kier alpha value is -2.07. The van der Waals surface area contributed by atoms with Crippen molar-refractivity contribution in [2.75, 3.05) is 6.54 Å². The van der Waals surface area contributed by atoms with Gasteiger partial charge in [0.1, 0.15) is 11.4 Å². The Kier molecular flexibility index (Phi) is 4.81. The fourth-order valence-corrected chi connectivity index (χ4v) is 2.14. The number of benzene rings is 1. The molecular formula is C17H21NO3. The summed E-state index contributed by atoms with van der Waals surface area (Å²) < 4.78 is 5.18. The lowest BCUT2D eigenvalue weighted by molar-refractivity contribution is 0.0330. The van der Waals surface area contributed by atoms with Crippen LogP contribution in [-0.4, -0.2) is 17.6 Å². The summed E-state index contributed by atoms with van der Waals surface area (Å²) in [5.74, 6) is 0.228. The molecule has 21 heavy (non-hydrogen) atoms. The second-order valence-corrected chi connectivity index (χ2v) is 5.38. The van der Waals surface area contributed by atoms with Crippen molar-refractivity contribution in [2.24, 2.45) is 0 Å². The average Bonchev–Trinajstić information content (AvgIpc) is 3.01. The predicted octanol–water partition coefficient (Wildman–Crippen LogP) is 2.87. The van der Waals surface area contributed by atoms with Gasteiger partial charge in [0.05, 0.1) is 12.8 Å². The molecule has 1 aromatic heterocycles. The largest absolute Gasteiger partial charge is 0.466 e. The maximum absolute atomic E-state index is 12.1. The molecule has 0 aliphatic rings. The molecule has 0 aliphatic heterocycles. The number of carbonyl (C=O) groups is 1. The van der Waals surface area contributed by atoms with Gasteiger partial charge in [0.25, 0.3) is 5.91 Å². The smallest absolute Gasteiger partial charge is 0.251 e. The SMILES string of the molecule is CCCc1ccc(C(=O)NCC(C)(O)c2ccco2)cc1. The normalized spacial score (nSPS) is 13.7. The van der Waals surface area contributed by atoms with E-state index in [2.05, 4.69) is 12.2 Å². The number of nitrogens with one attached hydrogen (secondary N) is 1. The predicted molar refractivity (Wildman–Crippen MR) is 81.0 cm³/mol. The van der Waals surface area contributed by atoms with Gasteiger partial charge in [-0.2, -0.15) is 0 Å². The highest BCUT2D eigenvalue weighted by atomic mass is 16.4. The third-order valence-corrected chi connectivity index (χ3v) is 3.40. The number of hydrogen-bond donors (Lipinski definition) is 2. The van der Waals surface area contributed by atoms with Gasteiger partial charge in [0.15, 0.2) is 0 Å². The maximum atomic E-state index is 12.1. The van der Waals surface area contributed by atoms with Crippen LogP contribution < -0.4 is 5.32 Å². The fraction of sp³-hybridized carbons (Fsp3) is 0.353. The number of furan rings is 1. The topological polar surface area (TPSA) is 62.5 Å². The molecule has 0 bridgehead atoms. The van der Waals surface area contributed by atoms with E-state index in [1.54, 1.807) is 19.1 Å². The van der Waals surface area contributed by atoms with Crippen LogP contribution in [-0.2, 0) is 12.0 Å². The maximum Gasteiger partial charge on any atom is 0.251 e. The highest BCUT2D eigenvalue weighted by Gasteiger charge is 2.26. The molecule has 2 rings (SSSR count). The quantitative estimate of drug-likeness (QED) is 0.858. The van der Waals surface area contributed by atoms with Crippen molar-refractivity contribution in [1.82, 2.24) is 5.32 Å². The molecule has 1 amide bonds. The van der Waals surface area contributed by atoms with Gasteiger partial charge in [-0.1, -0.05) is 25.5 Å². The first-order chi connectivity index (χ1) is 10.0. The Morgan fingerprint density at radius 1 is 1.29 bits per heavy atom. The van der Waals surface area contributed by atoms with Crippen molar-refractivity contribution in [3.63, 3.8) is 0 Å². The molecular weight excluding hydrogens is 266 g/mol. The molecule has 1 heterocycles. The summed E-state index contributed by atoms with van der Waals surface area (Å²) in [4.78, 5) is 12.1. The fourth-order valence-electron chi connectivity index (χ4n) is 2.14. The molecule has 4 nitrogen and oxygen atoms in total. The van der Waals surface area contributed by atoms with Gasteiger partial charge in [-0.3, -0.25) is 4.79 Å². The molecule has 4 heteroatoms. The molecule has 0 aliphatic carbocycles. The van der Waals surface area contributed by atoms with Crippen LogP contribution in [0.25, 0.3) is 0 Å². The molecule has 2 aromatic rings. The zero-order valence-electron chi connectivity index (χ0n) is 12.4. The summed E-state index contributed by atoms with van der Waals surface area (Å²) in [5, 5.41) is 13.0. The van der Waals surface area contributed by atoms with Crippen molar-refractivity contribution in [1.29, 1.82) is 0 Å². The van der Waals surface area contributed by atoms with Gasteiger partial charge in [-0.05, 0) is 43.2 Å². The molecule has 1 aromatic carbocycles. The van der Waals surface area contributed by atoms with Crippen molar-refractivity contribution in [2.45, 2.75) is 32.3 Å². The zero-order valence-corrected chi connectivity index (χ0v) is 12.4. The van der Waals surface area contributed by atoms with Crippen LogP contribution in [0.4, 0.5) is 0 Å². The first-order valence-corrected chi connectivity index (χ1v) is 7.16. The minimum atomic E-state index is -1.22. The van der Waals surface area contributed by atoms with Crippen LogP contribution in [0.3, 0.4) is 0 Å². The Labute approximate surface area is 124 Å². The summed E-state index contributed by atoms with van der Waals surface area (Å²) >= 11 is 0. The highest BCUT2D eigenvalue weighted by molar-refractivity contribution is 5.94. The number of hydrogen-bond acceptors (Lipinski definition) is 3. The Morgan fingerprint density at radius 2 is 2.00 bits per heavy atom. The van der Waals surface area contributed by atoms with Gasteiger partial charge >= 0.3 is 0 Å². The van der Waals surface area contributed by atoms with E-state index in [0.717, 1.165) is 12.8 Å². The van der Waals surface area contributed by atoms with E-state index in [9.17, 15) is 9.90 Å². The second kappa shape index (κ2) is 6.59. The van der Waals surface area contributed by atoms with Gasteiger partial charge in [0, 0.05) is 5.56 Å². The number of carbonyl (C=O) groups excluding carboxylic acids is 1. The number of aliphatic hydroxyl groups is 1. The molecule has 1 unspecified atom stereocenters. The third-order valence-electron chi connectivity index (χ3n) is 3.40. The lowest BCUT2D eigenvalue weighted by Gasteiger charge is -2.21. The van der Waals surface area contributed by atoms with Crippen molar-refractivity contribution >= 4 is 5.91 Å². The second-order valence-electron chi connectivity index (χ2n) is 5.38. The van der Waals surface area contributed by atoms with Gasteiger partial charge in [-0.25, -0.2) is 0 Å². The van der Waals surface area contributed by atoms with Crippen molar-refractivity contribution < 1.29 is 14.3 Å². The summed E-state index contributed by atoms with van der Waals surface area (Å²) in [6.45, 7) is 3.82. The van der Waals surface area contributed by atoms with Crippen LogP contribution in [0.5, 0.6) is 0 Å². The molecule has 0 radical (unpaired) electrons. The van der Waals surface area contributed by atoms with E-state index >= 15 is 0 Å². The monoisotopic (exact) mass is 287 g/mol. The van der Waals surface area contributed by atoms with Crippen LogP contribution in [0.1, 0.15) is 41.9 Å². The number of aryl methyl sites for hydroxylation is 1. The molecule has 0 fully saturated rings. The summed E-state index contributed by atoms with van der Waals surface area (Å²) in [5.41, 5.74) is 0.586. The Morgan fingerprint density at radius 3 is 2.57 bits per heavy atom. The van der Waals surface area contributed by atoms with Gasteiger partial charge < -0.3 is 14.8 Å². The van der Waals surface area contributed by atoms with E-state index in [1.165, 1.54) is 11.8 Å². The molecule has 0 spiro atoms. The van der Waals surface area contributed by atoms with E-state index in [0.29, 0.717) is 11.3 Å². The van der Waals surface area contributed by atoms with E-state index < -0.39 is 5.60 Å². The van der Waals surface area contributed by atoms with E-state index in [-0.39, 0.29) is 12.5 Å².